The highest BCUT2D eigenvalue weighted by molar-refractivity contribution is 5.85. The number of aliphatic carboxylic acids is 1. The van der Waals surface area contributed by atoms with Crippen LogP contribution >= 0.6 is 12.4 Å². The van der Waals surface area contributed by atoms with Gasteiger partial charge in [0.1, 0.15) is 0 Å². The Bertz CT molecular complexity index is 444. The lowest BCUT2D eigenvalue weighted by Gasteiger charge is -2.35. The first-order valence-corrected chi connectivity index (χ1v) is 9.95. The van der Waals surface area contributed by atoms with E-state index in [1.54, 1.807) is 0 Å². The van der Waals surface area contributed by atoms with Gasteiger partial charge in [-0.1, -0.05) is 19.3 Å². The normalized spacial score (nSPS) is 22.5. The Morgan fingerprint density at radius 3 is 2.27 bits per heavy atom. The summed E-state index contributed by atoms with van der Waals surface area (Å²) in [5, 5.41) is 8.97. The van der Waals surface area contributed by atoms with E-state index in [2.05, 4.69) is 16.7 Å². The van der Waals surface area contributed by atoms with Crippen molar-refractivity contribution >= 4 is 24.3 Å². The summed E-state index contributed by atoms with van der Waals surface area (Å²) < 4.78 is 0. The summed E-state index contributed by atoms with van der Waals surface area (Å²) in [5.41, 5.74) is 0. The highest BCUT2D eigenvalue weighted by Gasteiger charge is 2.27. The van der Waals surface area contributed by atoms with Gasteiger partial charge in [-0.15, -0.1) is 12.4 Å². The van der Waals surface area contributed by atoms with E-state index in [9.17, 15) is 9.59 Å². The summed E-state index contributed by atoms with van der Waals surface area (Å²) in [6.07, 6.45) is 9.08. The third-order valence-electron chi connectivity index (χ3n) is 5.83. The van der Waals surface area contributed by atoms with Crippen LogP contribution < -0.4 is 0 Å². The van der Waals surface area contributed by atoms with Gasteiger partial charge in [0.15, 0.2) is 0 Å². The number of nitrogens with zero attached hydrogens (tertiary/aromatic N) is 3. The highest BCUT2D eigenvalue weighted by Crippen LogP contribution is 2.23. The standard InChI is InChI=1S/C19H35N3O3.ClH/c1-3-22(17-8-5-4-6-9-17)18(23)14-21-12-7-10-16(11-13-21)20(2)15-19(24)25;/h16-17H,3-15H2,1-2H3,(H,24,25);1H. The average molecular weight is 390 g/mol. The molecule has 1 unspecified atom stereocenters. The molecule has 1 aliphatic carbocycles. The second-order valence-corrected chi connectivity index (χ2v) is 7.64. The fraction of sp³-hybridized carbons (Fsp3) is 0.895. The molecule has 2 rings (SSSR count). The maximum atomic E-state index is 12.8. The predicted octanol–water partition coefficient (Wildman–Crippen LogP) is 2.46. The fourth-order valence-corrected chi connectivity index (χ4v) is 4.39. The van der Waals surface area contributed by atoms with E-state index in [4.69, 9.17) is 5.11 Å². The van der Waals surface area contributed by atoms with E-state index >= 15 is 0 Å². The Balaban J connectivity index is 0.00000338. The number of rotatable bonds is 7. The summed E-state index contributed by atoms with van der Waals surface area (Å²) in [7, 11) is 1.89. The Labute approximate surface area is 164 Å². The number of hydrogen-bond acceptors (Lipinski definition) is 4. The summed E-state index contributed by atoms with van der Waals surface area (Å²) in [4.78, 5) is 30.0. The van der Waals surface area contributed by atoms with Crippen molar-refractivity contribution in [1.82, 2.24) is 14.7 Å². The largest absolute Gasteiger partial charge is 0.480 e. The molecule has 6 nitrogen and oxygen atoms in total. The van der Waals surface area contributed by atoms with Crippen LogP contribution in [0.1, 0.15) is 58.3 Å². The topological polar surface area (TPSA) is 64.1 Å². The lowest BCUT2D eigenvalue weighted by Crippen LogP contribution is -2.46. The number of carbonyl (C=O) groups excluding carboxylic acids is 1. The number of carboxylic acid groups (broad SMARTS) is 1. The molecule has 26 heavy (non-hydrogen) atoms. The molecule has 0 spiro atoms. The Morgan fingerprint density at radius 2 is 1.65 bits per heavy atom. The lowest BCUT2D eigenvalue weighted by molar-refractivity contribution is -0.138. The summed E-state index contributed by atoms with van der Waals surface area (Å²) >= 11 is 0. The summed E-state index contributed by atoms with van der Waals surface area (Å²) in [5.74, 6) is -0.503. The van der Waals surface area contributed by atoms with Crippen LogP contribution in [0.15, 0.2) is 0 Å². The van der Waals surface area contributed by atoms with Crippen LogP contribution in [-0.2, 0) is 9.59 Å². The molecular weight excluding hydrogens is 354 g/mol. The van der Waals surface area contributed by atoms with Gasteiger partial charge in [-0.25, -0.2) is 0 Å². The maximum Gasteiger partial charge on any atom is 0.317 e. The van der Waals surface area contributed by atoms with E-state index in [1.165, 1.54) is 19.3 Å². The van der Waals surface area contributed by atoms with Crippen LogP contribution in [-0.4, -0.2) is 83.5 Å². The van der Waals surface area contributed by atoms with Crippen molar-refractivity contribution in [3.63, 3.8) is 0 Å². The predicted molar refractivity (Wildman–Crippen MR) is 106 cm³/mol. The molecular formula is C19H36ClN3O3. The van der Waals surface area contributed by atoms with Gasteiger partial charge in [0.25, 0.3) is 0 Å². The summed E-state index contributed by atoms with van der Waals surface area (Å²) in [6.45, 7) is 5.32. The second-order valence-electron chi connectivity index (χ2n) is 7.64. The smallest absolute Gasteiger partial charge is 0.317 e. The lowest BCUT2D eigenvalue weighted by atomic mass is 9.94. The molecule has 1 saturated carbocycles. The van der Waals surface area contributed by atoms with Crippen molar-refractivity contribution in [2.75, 3.05) is 39.8 Å². The zero-order valence-electron chi connectivity index (χ0n) is 16.4. The molecule has 152 valence electrons. The average Bonchev–Trinajstić information content (AvgIpc) is 2.81. The van der Waals surface area contributed by atoms with Gasteiger partial charge in [0.2, 0.25) is 5.91 Å². The number of carbonyl (C=O) groups is 2. The monoisotopic (exact) mass is 389 g/mol. The van der Waals surface area contributed by atoms with E-state index in [1.807, 2.05) is 11.9 Å². The molecule has 0 aromatic heterocycles. The number of halogens is 1. The molecule has 1 aliphatic heterocycles. The van der Waals surface area contributed by atoms with Crippen LogP contribution in [0, 0.1) is 0 Å². The molecule has 1 amide bonds. The third-order valence-corrected chi connectivity index (χ3v) is 5.83. The van der Waals surface area contributed by atoms with E-state index < -0.39 is 5.97 Å². The van der Waals surface area contributed by atoms with Crippen LogP contribution in [0.25, 0.3) is 0 Å². The van der Waals surface area contributed by atoms with Gasteiger partial charge < -0.3 is 10.0 Å². The van der Waals surface area contributed by atoms with E-state index in [-0.39, 0.29) is 24.9 Å². The van der Waals surface area contributed by atoms with Gasteiger partial charge in [0.05, 0.1) is 13.1 Å². The van der Waals surface area contributed by atoms with Gasteiger partial charge in [-0.05, 0) is 52.6 Å². The first-order chi connectivity index (χ1) is 12.0. The van der Waals surface area contributed by atoms with Gasteiger partial charge in [-0.2, -0.15) is 0 Å². The van der Waals surface area contributed by atoms with Crippen molar-refractivity contribution in [3.05, 3.63) is 0 Å². The van der Waals surface area contributed by atoms with E-state index in [0.29, 0.717) is 18.6 Å². The molecule has 2 fully saturated rings. The molecule has 0 bridgehead atoms. The number of carboxylic acids is 1. The summed E-state index contributed by atoms with van der Waals surface area (Å²) in [6, 6.07) is 0.740. The minimum Gasteiger partial charge on any atom is -0.480 e. The van der Waals surface area contributed by atoms with Crippen molar-refractivity contribution in [3.8, 4) is 0 Å². The minimum atomic E-state index is -0.773. The minimum absolute atomic E-state index is 0. The van der Waals surface area contributed by atoms with Crippen LogP contribution in [0.2, 0.25) is 0 Å². The quantitative estimate of drug-likeness (QED) is 0.724. The van der Waals surface area contributed by atoms with Crippen LogP contribution in [0.4, 0.5) is 0 Å². The molecule has 1 atom stereocenters. The Hall–Kier alpha value is -0.850. The zero-order chi connectivity index (χ0) is 18.2. The molecule has 1 heterocycles. The molecule has 0 aromatic rings. The van der Waals surface area contributed by atoms with Gasteiger partial charge in [0, 0.05) is 25.2 Å². The molecule has 1 saturated heterocycles. The number of likely N-dealkylation sites (tertiary alicyclic amines) is 1. The Kier molecular flexibility index (Phi) is 10.5. The van der Waals surface area contributed by atoms with Crippen LogP contribution in [0.3, 0.4) is 0 Å². The van der Waals surface area contributed by atoms with E-state index in [0.717, 1.165) is 51.7 Å². The fourth-order valence-electron chi connectivity index (χ4n) is 4.39. The SMILES string of the molecule is CCN(C(=O)CN1CCCC(N(C)CC(=O)O)CC1)C1CCCCC1.Cl. The van der Waals surface area contributed by atoms with Crippen molar-refractivity contribution in [2.24, 2.45) is 0 Å². The maximum absolute atomic E-state index is 12.8. The first-order valence-electron chi connectivity index (χ1n) is 9.95. The van der Waals surface area contributed by atoms with Crippen molar-refractivity contribution in [2.45, 2.75) is 70.4 Å². The number of likely N-dealkylation sites (N-methyl/N-ethyl adjacent to an activating group) is 2. The molecule has 1 N–H and O–H groups in total. The molecule has 0 aromatic carbocycles. The van der Waals surface area contributed by atoms with Crippen molar-refractivity contribution < 1.29 is 14.7 Å². The molecule has 7 heteroatoms. The highest BCUT2D eigenvalue weighted by atomic mass is 35.5. The number of amides is 1. The molecule has 0 radical (unpaired) electrons. The third kappa shape index (κ3) is 7.05. The van der Waals surface area contributed by atoms with Gasteiger partial charge >= 0.3 is 5.97 Å². The second kappa shape index (κ2) is 11.8. The van der Waals surface area contributed by atoms with Crippen molar-refractivity contribution in [1.29, 1.82) is 0 Å². The van der Waals surface area contributed by atoms with Crippen LogP contribution in [0.5, 0.6) is 0 Å². The van der Waals surface area contributed by atoms with Gasteiger partial charge in [-0.3, -0.25) is 19.4 Å². The Morgan fingerprint density at radius 1 is 1.00 bits per heavy atom. The first kappa shape index (κ1) is 23.2. The molecule has 2 aliphatic rings. The zero-order valence-corrected chi connectivity index (χ0v) is 17.2. The number of hydrogen-bond donors (Lipinski definition) is 1.